The van der Waals surface area contributed by atoms with E-state index in [1.165, 1.54) is 12.1 Å². The molecule has 0 amide bonds. The second kappa shape index (κ2) is 4.41. The summed E-state index contributed by atoms with van der Waals surface area (Å²) in [5, 5.41) is 0. The standard InChI is InChI=1S/C13H11F2N/c14-12-7-6-10(13(15)11(12)8-16)9-4-2-1-3-5-9/h1-7H,8,16H2. The Balaban J connectivity index is 2.59. The zero-order valence-corrected chi connectivity index (χ0v) is 8.58. The summed E-state index contributed by atoms with van der Waals surface area (Å²) in [4.78, 5) is 0. The monoisotopic (exact) mass is 219 g/mol. The first-order valence-electron chi connectivity index (χ1n) is 4.96. The lowest BCUT2D eigenvalue weighted by Crippen LogP contribution is -2.04. The molecule has 16 heavy (non-hydrogen) atoms. The van der Waals surface area contributed by atoms with E-state index in [9.17, 15) is 8.78 Å². The lowest BCUT2D eigenvalue weighted by atomic mass is 10.0. The molecule has 3 heteroatoms. The van der Waals surface area contributed by atoms with Gasteiger partial charge in [0.15, 0.2) is 0 Å². The van der Waals surface area contributed by atoms with Crippen molar-refractivity contribution in [3.63, 3.8) is 0 Å². The molecule has 2 N–H and O–H groups in total. The average Bonchev–Trinajstić information content (AvgIpc) is 2.31. The highest BCUT2D eigenvalue weighted by molar-refractivity contribution is 5.65. The van der Waals surface area contributed by atoms with Gasteiger partial charge in [-0.15, -0.1) is 0 Å². The van der Waals surface area contributed by atoms with Crippen molar-refractivity contribution < 1.29 is 8.78 Å². The summed E-state index contributed by atoms with van der Waals surface area (Å²) >= 11 is 0. The molecule has 0 spiro atoms. The van der Waals surface area contributed by atoms with E-state index in [0.717, 1.165) is 5.56 Å². The van der Waals surface area contributed by atoms with Crippen LogP contribution in [0.25, 0.3) is 11.1 Å². The van der Waals surface area contributed by atoms with Crippen LogP contribution in [0.15, 0.2) is 42.5 Å². The largest absolute Gasteiger partial charge is 0.326 e. The Hall–Kier alpha value is -1.74. The van der Waals surface area contributed by atoms with E-state index < -0.39 is 11.6 Å². The molecule has 2 aromatic carbocycles. The van der Waals surface area contributed by atoms with Crippen LogP contribution in [0.1, 0.15) is 5.56 Å². The number of benzene rings is 2. The van der Waals surface area contributed by atoms with Gasteiger partial charge in [0.2, 0.25) is 0 Å². The fourth-order valence-electron chi connectivity index (χ4n) is 1.63. The van der Waals surface area contributed by atoms with Gasteiger partial charge in [-0.1, -0.05) is 30.3 Å². The molecule has 0 unspecified atom stereocenters. The van der Waals surface area contributed by atoms with Crippen LogP contribution in [-0.2, 0) is 6.54 Å². The van der Waals surface area contributed by atoms with E-state index in [1.54, 1.807) is 24.3 Å². The SMILES string of the molecule is NCc1c(F)ccc(-c2ccccc2)c1F. The van der Waals surface area contributed by atoms with E-state index in [2.05, 4.69) is 0 Å². The molecule has 0 aromatic heterocycles. The molecule has 2 rings (SSSR count). The molecule has 2 aromatic rings. The molecule has 0 aliphatic heterocycles. The van der Waals surface area contributed by atoms with Crippen LogP contribution < -0.4 is 5.73 Å². The Kier molecular flexibility index (Phi) is 2.97. The summed E-state index contributed by atoms with van der Waals surface area (Å²) in [5.41, 5.74) is 6.34. The number of hydrogen-bond donors (Lipinski definition) is 1. The van der Waals surface area contributed by atoms with Gasteiger partial charge in [-0.05, 0) is 17.7 Å². The lowest BCUT2D eigenvalue weighted by Gasteiger charge is -2.08. The van der Waals surface area contributed by atoms with E-state index in [-0.39, 0.29) is 12.1 Å². The normalized spacial score (nSPS) is 10.4. The Morgan fingerprint density at radius 3 is 2.25 bits per heavy atom. The van der Waals surface area contributed by atoms with E-state index in [4.69, 9.17) is 5.73 Å². The summed E-state index contributed by atoms with van der Waals surface area (Å²) in [6.07, 6.45) is 0. The minimum Gasteiger partial charge on any atom is -0.326 e. The zero-order valence-electron chi connectivity index (χ0n) is 8.58. The summed E-state index contributed by atoms with van der Waals surface area (Å²) in [6.45, 7) is -0.141. The van der Waals surface area contributed by atoms with Crippen LogP contribution in [0.2, 0.25) is 0 Å². The van der Waals surface area contributed by atoms with Gasteiger partial charge < -0.3 is 5.73 Å². The smallest absolute Gasteiger partial charge is 0.138 e. The van der Waals surface area contributed by atoms with Crippen molar-refractivity contribution in [3.8, 4) is 11.1 Å². The van der Waals surface area contributed by atoms with Crippen LogP contribution >= 0.6 is 0 Å². The lowest BCUT2D eigenvalue weighted by molar-refractivity contribution is 0.559. The molecule has 0 radical (unpaired) electrons. The van der Waals surface area contributed by atoms with Gasteiger partial charge in [-0.2, -0.15) is 0 Å². The maximum atomic E-state index is 13.9. The van der Waals surface area contributed by atoms with E-state index in [0.29, 0.717) is 5.56 Å². The number of hydrogen-bond acceptors (Lipinski definition) is 1. The molecule has 0 saturated carbocycles. The maximum Gasteiger partial charge on any atom is 0.138 e. The minimum atomic E-state index is -0.598. The summed E-state index contributed by atoms with van der Waals surface area (Å²) in [7, 11) is 0. The molecule has 0 aliphatic carbocycles. The highest BCUT2D eigenvalue weighted by Gasteiger charge is 2.12. The van der Waals surface area contributed by atoms with Crippen molar-refractivity contribution in [2.24, 2.45) is 5.73 Å². The highest BCUT2D eigenvalue weighted by Crippen LogP contribution is 2.26. The first-order valence-corrected chi connectivity index (χ1v) is 4.96. The first-order chi connectivity index (χ1) is 7.74. The average molecular weight is 219 g/mol. The molecule has 0 saturated heterocycles. The predicted octanol–water partition coefficient (Wildman–Crippen LogP) is 3.09. The minimum absolute atomic E-state index is 0.0682. The second-order valence-corrected chi connectivity index (χ2v) is 3.46. The fourth-order valence-corrected chi connectivity index (χ4v) is 1.63. The molecule has 0 aliphatic rings. The third-order valence-corrected chi connectivity index (χ3v) is 2.47. The molecule has 1 nitrogen and oxygen atoms in total. The van der Waals surface area contributed by atoms with Crippen LogP contribution in [0.3, 0.4) is 0 Å². The summed E-state index contributed by atoms with van der Waals surface area (Å²) in [5.74, 6) is -1.17. The van der Waals surface area contributed by atoms with Gasteiger partial charge in [0.05, 0.1) is 0 Å². The molecule has 0 atom stereocenters. The predicted molar refractivity (Wildman–Crippen MR) is 59.7 cm³/mol. The van der Waals surface area contributed by atoms with Crippen molar-refractivity contribution in [3.05, 3.63) is 59.7 Å². The van der Waals surface area contributed by atoms with Crippen molar-refractivity contribution in [1.29, 1.82) is 0 Å². The summed E-state index contributed by atoms with van der Waals surface area (Å²) < 4.78 is 27.1. The van der Waals surface area contributed by atoms with Gasteiger partial charge >= 0.3 is 0 Å². The third-order valence-electron chi connectivity index (χ3n) is 2.47. The highest BCUT2D eigenvalue weighted by atomic mass is 19.1. The van der Waals surface area contributed by atoms with Gasteiger partial charge in [0, 0.05) is 17.7 Å². The molecule has 0 fully saturated rings. The molecule has 82 valence electrons. The Bertz CT molecular complexity index is 495. The third kappa shape index (κ3) is 1.82. The van der Waals surface area contributed by atoms with Crippen LogP contribution in [0.5, 0.6) is 0 Å². The molecule has 0 heterocycles. The molecular formula is C13H11F2N. The molecular weight excluding hydrogens is 208 g/mol. The first kappa shape index (κ1) is 10.8. The summed E-state index contributed by atoms with van der Waals surface area (Å²) in [6, 6.07) is 11.7. The Labute approximate surface area is 92.5 Å². The van der Waals surface area contributed by atoms with Crippen molar-refractivity contribution >= 4 is 0 Å². The van der Waals surface area contributed by atoms with Crippen LogP contribution in [0, 0.1) is 11.6 Å². The quantitative estimate of drug-likeness (QED) is 0.825. The number of halogens is 2. The molecule has 0 bridgehead atoms. The van der Waals surface area contributed by atoms with Gasteiger partial charge in [-0.3, -0.25) is 0 Å². The maximum absolute atomic E-state index is 13.9. The number of nitrogens with two attached hydrogens (primary N) is 1. The van der Waals surface area contributed by atoms with Crippen molar-refractivity contribution in [2.75, 3.05) is 0 Å². The Morgan fingerprint density at radius 2 is 1.62 bits per heavy atom. The second-order valence-electron chi connectivity index (χ2n) is 3.46. The van der Waals surface area contributed by atoms with Gasteiger partial charge in [0.1, 0.15) is 11.6 Å². The van der Waals surface area contributed by atoms with Crippen molar-refractivity contribution in [1.82, 2.24) is 0 Å². The number of rotatable bonds is 2. The van der Waals surface area contributed by atoms with E-state index >= 15 is 0 Å². The van der Waals surface area contributed by atoms with Crippen LogP contribution in [-0.4, -0.2) is 0 Å². The Morgan fingerprint density at radius 1 is 0.938 bits per heavy atom. The fraction of sp³-hybridized carbons (Fsp3) is 0.0769. The zero-order chi connectivity index (χ0) is 11.5. The topological polar surface area (TPSA) is 26.0 Å². The van der Waals surface area contributed by atoms with Crippen LogP contribution in [0.4, 0.5) is 8.78 Å². The van der Waals surface area contributed by atoms with E-state index in [1.807, 2.05) is 6.07 Å². The van der Waals surface area contributed by atoms with Gasteiger partial charge in [0.25, 0.3) is 0 Å². The van der Waals surface area contributed by atoms with Crippen molar-refractivity contribution in [2.45, 2.75) is 6.54 Å². The van der Waals surface area contributed by atoms with Gasteiger partial charge in [-0.25, -0.2) is 8.78 Å².